The van der Waals surface area contributed by atoms with Crippen molar-refractivity contribution in [3.05, 3.63) is 21.6 Å². The first kappa shape index (κ1) is 10.8. The van der Waals surface area contributed by atoms with Crippen molar-refractivity contribution in [2.75, 3.05) is 10.6 Å². The van der Waals surface area contributed by atoms with Gasteiger partial charge in [0.1, 0.15) is 6.04 Å². The van der Waals surface area contributed by atoms with Crippen LogP contribution in [-0.2, 0) is 4.79 Å². The number of hydrogen-bond acceptors (Lipinski definition) is 2. The van der Waals surface area contributed by atoms with Gasteiger partial charge in [0.15, 0.2) is 0 Å². The quantitative estimate of drug-likeness (QED) is 0.833. The van der Waals surface area contributed by atoms with Crippen LogP contribution in [-0.4, -0.2) is 11.9 Å². The zero-order valence-corrected chi connectivity index (χ0v) is 10.4. The first-order valence-electron chi connectivity index (χ1n) is 4.69. The second-order valence-electron chi connectivity index (χ2n) is 3.38. The Morgan fingerprint density at radius 1 is 1.53 bits per heavy atom. The fourth-order valence-corrected chi connectivity index (χ4v) is 2.09. The largest absolute Gasteiger partial charge is 0.372 e. The molecule has 2 N–H and O–H groups in total. The summed E-state index contributed by atoms with van der Waals surface area (Å²) in [5.41, 5.74) is 1.52. The van der Waals surface area contributed by atoms with Crippen molar-refractivity contribution < 1.29 is 4.79 Å². The van der Waals surface area contributed by atoms with Crippen molar-refractivity contribution in [2.45, 2.75) is 19.4 Å². The van der Waals surface area contributed by atoms with Crippen LogP contribution in [0.15, 0.2) is 16.6 Å². The molecule has 0 bridgehead atoms. The standard InChI is InChI=1S/C10H10BrClN2O/c1-2-6-10(15)14-9-7(13-6)4-3-5(11)8(9)12/h3-4,6,13H,2H2,1H3,(H,14,15). The van der Waals surface area contributed by atoms with Crippen molar-refractivity contribution in [3.63, 3.8) is 0 Å². The minimum absolute atomic E-state index is 0.0370. The molecule has 15 heavy (non-hydrogen) atoms. The van der Waals surface area contributed by atoms with Crippen LogP contribution < -0.4 is 10.6 Å². The van der Waals surface area contributed by atoms with E-state index in [0.717, 1.165) is 16.6 Å². The Labute approximate surface area is 101 Å². The van der Waals surface area contributed by atoms with E-state index in [-0.39, 0.29) is 11.9 Å². The summed E-state index contributed by atoms with van der Waals surface area (Å²) in [5, 5.41) is 6.48. The molecule has 0 aromatic heterocycles. The average Bonchev–Trinajstić information content (AvgIpc) is 2.24. The van der Waals surface area contributed by atoms with Crippen molar-refractivity contribution in [1.29, 1.82) is 0 Å². The molecule has 1 heterocycles. The van der Waals surface area contributed by atoms with Gasteiger partial charge < -0.3 is 10.6 Å². The number of carbonyl (C=O) groups excluding carboxylic acids is 1. The van der Waals surface area contributed by atoms with Crippen LogP contribution in [0.1, 0.15) is 13.3 Å². The van der Waals surface area contributed by atoms with Gasteiger partial charge in [-0.15, -0.1) is 0 Å². The lowest BCUT2D eigenvalue weighted by atomic mass is 10.1. The summed E-state index contributed by atoms with van der Waals surface area (Å²) in [6.45, 7) is 1.96. The molecule has 1 atom stereocenters. The summed E-state index contributed by atoms with van der Waals surface area (Å²) in [5.74, 6) is -0.0370. The van der Waals surface area contributed by atoms with E-state index in [9.17, 15) is 4.79 Å². The van der Waals surface area contributed by atoms with Crippen LogP contribution in [0.25, 0.3) is 0 Å². The van der Waals surface area contributed by atoms with Gasteiger partial charge in [-0.25, -0.2) is 0 Å². The Hall–Kier alpha value is -0.740. The van der Waals surface area contributed by atoms with Crippen LogP contribution in [0, 0.1) is 0 Å². The molecule has 0 spiro atoms. The van der Waals surface area contributed by atoms with E-state index >= 15 is 0 Å². The predicted molar refractivity (Wildman–Crippen MR) is 65.5 cm³/mol. The van der Waals surface area contributed by atoms with Gasteiger partial charge in [0.25, 0.3) is 0 Å². The molecule has 1 aromatic carbocycles. The highest BCUT2D eigenvalue weighted by Gasteiger charge is 2.25. The molecule has 0 saturated carbocycles. The maximum Gasteiger partial charge on any atom is 0.246 e. The number of nitrogens with one attached hydrogen (secondary N) is 2. The molecule has 0 saturated heterocycles. The summed E-state index contributed by atoms with van der Waals surface area (Å²) in [6.07, 6.45) is 0.749. The maximum absolute atomic E-state index is 11.6. The minimum Gasteiger partial charge on any atom is -0.372 e. The Morgan fingerprint density at radius 2 is 2.27 bits per heavy atom. The van der Waals surface area contributed by atoms with Gasteiger partial charge in [-0.05, 0) is 34.5 Å². The van der Waals surface area contributed by atoms with Gasteiger partial charge >= 0.3 is 0 Å². The van der Waals surface area contributed by atoms with Gasteiger partial charge in [-0.2, -0.15) is 0 Å². The Balaban J connectivity index is 2.45. The van der Waals surface area contributed by atoms with Crippen molar-refractivity contribution in [2.24, 2.45) is 0 Å². The van der Waals surface area contributed by atoms with Gasteiger partial charge in [0, 0.05) is 4.47 Å². The van der Waals surface area contributed by atoms with Crippen molar-refractivity contribution >= 4 is 44.8 Å². The number of halogens is 2. The zero-order chi connectivity index (χ0) is 11.0. The van der Waals surface area contributed by atoms with E-state index < -0.39 is 0 Å². The third kappa shape index (κ3) is 1.84. The first-order valence-corrected chi connectivity index (χ1v) is 5.86. The van der Waals surface area contributed by atoms with Gasteiger partial charge in [0.2, 0.25) is 5.91 Å². The van der Waals surface area contributed by atoms with Gasteiger partial charge in [-0.3, -0.25) is 4.79 Å². The van der Waals surface area contributed by atoms with E-state index in [2.05, 4.69) is 26.6 Å². The minimum atomic E-state index is -0.172. The highest BCUT2D eigenvalue weighted by molar-refractivity contribution is 9.10. The third-order valence-corrected chi connectivity index (χ3v) is 3.68. The summed E-state index contributed by atoms with van der Waals surface area (Å²) >= 11 is 9.38. The molecule has 0 radical (unpaired) electrons. The lowest BCUT2D eigenvalue weighted by Gasteiger charge is -2.26. The molecule has 1 aliphatic heterocycles. The van der Waals surface area contributed by atoms with Crippen LogP contribution in [0.2, 0.25) is 5.02 Å². The lowest BCUT2D eigenvalue weighted by Crippen LogP contribution is -2.38. The van der Waals surface area contributed by atoms with Crippen molar-refractivity contribution in [3.8, 4) is 0 Å². The smallest absolute Gasteiger partial charge is 0.246 e. The average molecular weight is 290 g/mol. The molecule has 1 amide bonds. The maximum atomic E-state index is 11.6. The fourth-order valence-electron chi connectivity index (χ4n) is 1.54. The molecule has 1 aromatic rings. The second-order valence-corrected chi connectivity index (χ2v) is 4.61. The predicted octanol–water partition coefficient (Wildman–Crippen LogP) is 3.25. The molecule has 1 unspecified atom stereocenters. The number of amides is 1. The van der Waals surface area contributed by atoms with Crippen molar-refractivity contribution in [1.82, 2.24) is 0 Å². The van der Waals surface area contributed by atoms with Crippen LogP contribution in [0.4, 0.5) is 11.4 Å². The monoisotopic (exact) mass is 288 g/mol. The summed E-state index contributed by atoms with van der Waals surface area (Å²) in [7, 11) is 0. The fraction of sp³-hybridized carbons (Fsp3) is 0.300. The second kappa shape index (κ2) is 4.02. The molecule has 3 nitrogen and oxygen atoms in total. The number of benzene rings is 1. The molecule has 0 fully saturated rings. The normalized spacial score (nSPS) is 19.1. The van der Waals surface area contributed by atoms with E-state index in [1.54, 1.807) is 0 Å². The summed E-state index contributed by atoms with van der Waals surface area (Å²) in [6, 6.07) is 3.58. The molecule has 1 aliphatic rings. The third-order valence-electron chi connectivity index (χ3n) is 2.40. The molecule has 5 heteroatoms. The Bertz CT molecular complexity index is 422. The van der Waals surface area contributed by atoms with E-state index in [4.69, 9.17) is 11.6 Å². The highest BCUT2D eigenvalue weighted by Crippen LogP contribution is 2.38. The topological polar surface area (TPSA) is 41.1 Å². The number of carbonyl (C=O) groups is 1. The molecule has 0 aliphatic carbocycles. The Morgan fingerprint density at radius 3 is 2.93 bits per heavy atom. The van der Waals surface area contributed by atoms with E-state index in [0.29, 0.717) is 10.7 Å². The van der Waals surface area contributed by atoms with Crippen LogP contribution in [0.5, 0.6) is 0 Å². The molecule has 80 valence electrons. The zero-order valence-electron chi connectivity index (χ0n) is 8.10. The number of rotatable bonds is 1. The molecule has 2 rings (SSSR count). The van der Waals surface area contributed by atoms with E-state index in [1.165, 1.54) is 0 Å². The summed E-state index contributed by atoms with van der Waals surface area (Å²) < 4.78 is 0.778. The van der Waals surface area contributed by atoms with Gasteiger partial charge in [0.05, 0.1) is 16.4 Å². The van der Waals surface area contributed by atoms with Crippen LogP contribution >= 0.6 is 27.5 Å². The summed E-state index contributed by atoms with van der Waals surface area (Å²) in [4.78, 5) is 11.6. The highest BCUT2D eigenvalue weighted by atomic mass is 79.9. The number of hydrogen-bond donors (Lipinski definition) is 2. The molecular weight excluding hydrogens is 279 g/mol. The van der Waals surface area contributed by atoms with E-state index in [1.807, 2.05) is 19.1 Å². The molecular formula is C10H10BrClN2O. The van der Waals surface area contributed by atoms with Gasteiger partial charge in [-0.1, -0.05) is 18.5 Å². The van der Waals surface area contributed by atoms with Crippen LogP contribution in [0.3, 0.4) is 0 Å². The SMILES string of the molecule is CCC1Nc2ccc(Br)c(Cl)c2NC1=O. The Kier molecular flexibility index (Phi) is 2.89. The number of fused-ring (bicyclic) bond motifs is 1. The lowest BCUT2D eigenvalue weighted by molar-refractivity contribution is -0.117. The first-order chi connectivity index (χ1) is 7.13. The number of anilines is 2.